The van der Waals surface area contributed by atoms with Gasteiger partial charge >= 0.3 is 18.0 Å². The van der Waals surface area contributed by atoms with E-state index in [0.29, 0.717) is 17.2 Å². The third kappa shape index (κ3) is 6.45. The van der Waals surface area contributed by atoms with Crippen molar-refractivity contribution in [2.75, 3.05) is 24.9 Å². The average Bonchev–Trinajstić information content (AvgIpc) is 3.28. The molecule has 38 heavy (non-hydrogen) atoms. The second kappa shape index (κ2) is 11.9. The van der Waals surface area contributed by atoms with Crippen molar-refractivity contribution in [3.05, 3.63) is 28.4 Å². The Hall–Kier alpha value is -3.59. The first-order valence-corrected chi connectivity index (χ1v) is 13.4. The summed E-state index contributed by atoms with van der Waals surface area (Å²) in [5.41, 5.74) is 10.7. The van der Waals surface area contributed by atoms with Gasteiger partial charge < -0.3 is 31.0 Å². The number of allylic oxidation sites excluding steroid dienone is 1. The quantitative estimate of drug-likeness (QED) is 0.169. The number of aromatic nitrogens is 1. The van der Waals surface area contributed by atoms with Crippen LogP contribution < -0.4 is 16.8 Å². The lowest BCUT2D eigenvalue weighted by Crippen LogP contribution is -2.70. The van der Waals surface area contributed by atoms with E-state index < -0.39 is 53.5 Å². The molecular weight excluding hydrogens is 538 g/mol. The Morgan fingerprint density at radius 1 is 1.24 bits per heavy atom. The first-order chi connectivity index (χ1) is 17.8. The number of thiazole rings is 1. The number of fused-ring (bicyclic) bond motifs is 1. The number of carbonyl (C=O) groups excluding carboxylic acids is 5. The number of amides is 3. The van der Waals surface area contributed by atoms with E-state index in [2.05, 4.69) is 10.3 Å². The van der Waals surface area contributed by atoms with E-state index in [-0.39, 0.29) is 29.2 Å². The number of thioether (sulfide) groups is 1. The zero-order chi connectivity index (χ0) is 28.2. The number of nitrogens with two attached hydrogens (primary N) is 2. The van der Waals surface area contributed by atoms with Crippen LogP contribution >= 0.6 is 23.1 Å². The van der Waals surface area contributed by atoms with E-state index in [1.54, 1.807) is 32.2 Å². The van der Waals surface area contributed by atoms with E-state index in [1.807, 2.05) is 6.92 Å². The smallest absolute Gasteiger partial charge is 0.404 e. The summed E-state index contributed by atoms with van der Waals surface area (Å²) in [4.78, 5) is 67.6. The molecule has 5 N–H and O–H groups in total. The van der Waals surface area contributed by atoms with Crippen LogP contribution in [0.2, 0.25) is 0 Å². The average molecular weight is 568 g/mol. The third-order valence-corrected chi connectivity index (χ3v) is 7.37. The highest BCUT2D eigenvalue weighted by Gasteiger charge is 2.54. The third-order valence-electron chi connectivity index (χ3n) is 5.36. The number of anilines is 1. The lowest BCUT2D eigenvalue weighted by molar-refractivity contribution is -0.173. The molecule has 0 spiro atoms. The van der Waals surface area contributed by atoms with E-state index >= 15 is 0 Å². The molecule has 13 nitrogen and oxygen atoms in total. The molecule has 0 aliphatic carbocycles. The van der Waals surface area contributed by atoms with Crippen molar-refractivity contribution in [2.45, 2.75) is 45.5 Å². The molecule has 2 aliphatic rings. The summed E-state index contributed by atoms with van der Waals surface area (Å²) in [6.45, 7) is 5.74. The molecule has 0 aromatic carbocycles. The Morgan fingerprint density at radius 3 is 2.53 bits per heavy atom. The van der Waals surface area contributed by atoms with Crippen molar-refractivity contribution in [1.82, 2.24) is 15.2 Å². The minimum Gasteiger partial charge on any atom is -0.445 e. The minimum absolute atomic E-state index is 0.158. The maximum Gasteiger partial charge on any atom is 0.404 e. The van der Waals surface area contributed by atoms with E-state index in [1.165, 1.54) is 23.1 Å². The van der Waals surface area contributed by atoms with Crippen LogP contribution in [-0.4, -0.2) is 70.3 Å². The summed E-state index contributed by atoms with van der Waals surface area (Å²) in [7, 11) is 0. The van der Waals surface area contributed by atoms with Crippen molar-refractivity contribution in [2.24, 2.45) is 11.1 Å². The van der Waals surface area contributed by atoms with Crippen LogP contribution in [-0.2, 0) is 33.4 Å². The van der Waals surface area contributed by atoms with Crippen LogP contribution in [0, 0.1) is 5.41 Å². The van der Waals surface area contributed by atoms with Crippen LogP contribution in [0.1, 0.15) is 39.8 Å². The first-order valence-electron chi connectivity index (χ1n) is 11.5. The normalized spacial score (nSPS) is 19.3. The Labute approximate surface area is 226 Å². The standard InChI is InChI=1S/C23H29N5O8S2/c1-5-6-12(13-9-38-21(24)26-13)16(29)27-14-17(30)28-15(11(7-34-22(25)33)8-37-18(14)28)19(31)35-10-36-20(32)23(2,3)4/h6,9,14,18H,5,7-8,10H2,1-4H3,(H2,24,26)(H2,25,33)(H,27,29)/b12-6+/t14-,18-/m1/s1. The lowest BCUT2D eigenvalue weighted by atomic mass is 9.98. The molecule has 0 bridgehead atoms. The van der Waals surface area contributed by atoms with Gasteiger partial charge in [-0.15, -0.1) is 23.1 Å². The second-order valence-electron chi connectivity index (χ2n) is 9.25. The lowest BCUT2D eigenvalue weighted by Gasteiger charge is -2.49. The highest BCUT2D eigenvalue weighted by atomic mass is 32.2. The van der Waals surface area contributed by atoms with Gasteiger partial charge in [-0.25, -0.2) is 14.6 Å². The summed E-state index contributed by atoms with van der Waals surface area (Å²) in [5, 5.41) is 4.03. The molecular formula is C23H29N5O8S2. The number of rotatable bonds is 9. The summed E-state index contributed by atoms with van der Waals surface area (Å²) < 4.78 is 14.9. The fraction of sp³-hybridized carbons (Fsp3) is 0.478. The molecule has 3 heterocycles. The molecule has 0 saturated carbocycles. The molecule has 1 fully saturated rings. The monoisotopic (exact) mass is 567 g/mol. The van der Waals surface area contributed by atoms with Gasteiger partial charge in [-0.05, 0) is 27.2 Å². The summed E-state index contributed by atoms with van der Waals surface area (Å²) in [6.07, 6.45) is 1.17. The Kier molecular flexibility index (Phi) is 9.04. The molecule has 1 aromatic heterocycles. The van der Waals surface area contributed by atoms with E-state index in [9.17, 15) is 24.0 Å². The molecule has 2 atom stereocenters. The van der Waals surface area contributed by atoms with Crippen LogP contribution in [0.3, 0.4) is 0 Å². The largest absolute Gasteiger partial charge is 0.445 e. The number of hydrogen-bond acceptors (Lipinski definition) is 12. The van der Waals surface area contributed by atoms with Gasteiger partial charge in [0.2, 0.25) is 6.79 Å². The van der Waals surface area contributed by atoms with Gasteiger partial charge in [0.25, 0.3) is 11.8 Å². The van der Waals surface area contributed by atoms with E-state index in [4.69, 9.17) is 25.7 Å². The van der Waals surface area contributed by atoms with Crippen molar-refractivity contribution in [3.8, 4) is 0 Å². The fourth-order valence-electron chi connectivity index (χ4n) is 3.51. The van der Waals surface area contributed by atoms with Crippen molar-refractivity contribution in [3.63, 3.8) is 0 Å². The fourth-order valence-corrected chi connectivity index (χ4v) is 5.40. The molecule has 1 saturated heterocycles. The second-order valence-corrected chi connectivity index (χ2v) is 11.2. The van der Waals surface area contributed by atoms with Crippen LogP contribution in [0.25, 0.3) is 5.57 Å². The minimum atomic E-state index is -1.06. The van der Waals surface area contributed by atoms with Gasteiger partial charge in [0.15, 0.2) is 5.13 Å². The van der Waals surface area contributed by atoms with Gasteiger partial charge in [-0.2, -0.15) is 0 Å². The van der Waals surface area contributed by atoms with E-state index in [0.717, 1.165) is 4.90 Å². The maximum absolute atomic E-state index is 13.1. The van der Waals surface area contributed by atoms with Gasteiger partial charge in [-0.3, -0.25) is 19.3 Å². The number of nitrogen functional groups attached to an aromatic ring is 1. The summed E-state index contributed by atoms with van der Waals surface area (Å²) in [5.74, 6) is -2.45. The van der Waals surface area contributed by atoms with Crippen molar-refractivity contribution < 1.29 is 38.2 Å². The molecule has 0 unspecified atom stereocenters. The first kappa shape index (κ1) is 29.0. The Bertz CT molecular complexity index is 1200. The molecule has 3 rings (SSSR count). The molecule has 3 amide bonds. The zero-order valence-electron chi connectivity index (χ0n) is 21.3. The van der Waals surface area contributed by atoms with Gasteiger partial charge in [-0.1, -0.05) is 13.0 Å². The summed E-state index contributed by atoms with van der Waals surface area (Å²) >= 11 is 2.45. The topological polar surface area (TPSA) is 193 Å². The van der Waals surface area contributed by atoms with Crippen molar-refractivity contribution in [1.29, 1.82) is 0 Å². The van der Waals surface area contributed by atoms with Gasteiger partial charge in [0.05, 0.1) is 16.7 Å². The number of β-lactam (4-membered cyclic amide) rings is 1. The molecule has 15 heteroatoms. The number of ether oxygens (including phenoxy) is 3. The Morgan fingerprint density at radius 2 is 1.95 bits per heavy atom. The predicted molar refractivity (Wildman–Crippen MR) is 139 cm³/mol. The number of nitrogens with one attached hydrogen (secondary N) is 1. The molecule has 1 aromatic rings. The van der Waals surface area contributed by atoms with Crippen LogP contribution in [0.5, 0.6) is 0 Å². The number of nitrogens with zero attached hydrogens (tertiary/aromatic N) is 2. The number of primary amides is 1. The number of hydrogen-bond donors (Lipinski definition) is 3. The number of esters is 2. The zero-order valence-corrected chi connectivity index (χ0v) is 22.9. The van der Waals surface area contributed by atoms with Crippen molar-refractivity contribution >= 4 is 63.6 Å². The van der Waals surface area contributed by atoms with Crippen LogP contribution in [0.15, 0.2) is 22.7 Å². The number of carbonyl (C=O) groups is 5. The van der Waals surface area contributed by atoms with Gasteiger partial charge in [0.1, 0.15) is 23.7 Å². The van der Waals surface area contributed by atoms with Crippen LogP contribution in [0.4, 0.5) is 9.93 Å². The highest BCUT2D eigenvalue weighted by molar-refractivity contribution is 8.00. The SMILES string of the molecule is CC/C=C(/C(=O)N[C@@H]1C(=O)N2C(C(=O)OCOC(=O)C(C)(C)C)=C(COC(N)=O)CS[C@H]12)c1csc(N)n1. The maximum atomic E-state index is 13.1. The predicted octanol–water partition coefficient (Wildman–Crippen LogP) is 1.36. The molecule has 2 aliphatic heterocycles. The molecule has 0 radical (unpaired) electrons. The highest BCUT2D eigenvalue weighted by Crippen LogP contribution is 2.41. The Balaban J connectivity index is 1.77. The van der Waals surface area contributed by atoms with Gasteiger partial charge in [0, 0.05) is 16.7 Å². The molecule has 206 valence electrons. The summed E-state index contributed by atoms with van der Waals surface area (Å²) in [6, 6.07) is -0.941.